The van der Waals surface area contributed by atoms with Crippen LogP contribution in [0.2, 0.25) is 0 Å². The van der Waals surface area contributed by atoms with Crippen LogP contribution in [0.1, 0.15) is 35.1 Å². The minimum atomic E-state index is -4.05. The summed E-state index contributed by atoms with van der Waals surface area (Å²) in [6.07, 6.45) is 0.447. The van der Waals surface area contributed by atoms with E-state index in [1.54, 1.807) is 31.2 Å². The number of benzene rings is 3. The molecule has 3 aromatic carbocycles. The van der Waals surface area contributed by atoms with Crippen molar-refractivity contribution in [3.8, 4) is 5.75 Å². The van der Waals surface area contributed by atoms with Gasteiger partial charge in [-0.25, -0.2) is 12.7 Å². The molecule has 0 aliphatic rings. The summed E-state index contributed by atoms with van der Waals surface area (Å²) in [6.45, 7) is 7.96. The molecular formula is C26H29NO4S. The Morgan fingerprint density at radius 2 is 1.47 bits per heavy atom. The topological polar surface area (TPSA) is 63.7 Å². The van der Waals surface area contributed by atoms with Crippen molar-refractivity contribution in [2.24, 2.45) is 0 Å². The lowest BCUT2D eigenvalue weighted by atomic mass is 10.1. The van der Waals surface area contributed by atoms with Crippen LogP contribution in [0.25, 0.3) is 0 Å². The summed E-state index contributed by atoms with van der Waals surface area (Å²) < 4.78 is 33.7. The van der Waals surface area contributed by atoms with Gasteiger partial charge in [-0.1, -0.05) is 42.5 Å². The van der Waals surface area contributed by atoms with Gasteiger partial charge in [0.2, 0.25) is 5.91 Å². The molecule has 5 nitrogen and oxygen atoms in total. The van der Waals surface area contributed by atoms with Gasteiger partial charge in [-0.05, 0) is 80.6 Å². The molecule has 0 fully saturated rings. The third-order valence-electron chi connectivity index (χ3n) is 5.23. The summed E-state index contributed by atoms with van der Waals surface area (Å²) in [4.78, 5) is 13.3. The molecule has 168 valence electrons. The Hall–Kier alpha value is -3.12. The predicted octanol–water partition coefficient (Wildman–Crippen LogP) is 5.50. The van der Waals surface area contributed by atoms with Crippen LogP contribution in [0.15, 0.2) is 71.6 Å². The molecule has 0 N–H and O–H groups in total. The Labute approximate surface area is 190 Å². The number of anilines is 1. The average molecular weight is 452 g/mol. The number of carbonyl (C=O) groups is 1. The van der Waals surface area contributed by atoms with Gasteiger partial charge < -0.3 is 4.74 Å². The van der Waals surface area contributed by atoms with Crippen molar-refractivity contribution in [2.45, 2.75) is 45.4 Å². The van der Waals surface area contributed by atoms with Crippen molar-refractivity contribution in [3.05, 3.63) is 89.0 Å². The second-order valence-corrected chi connectivity index (χ2v) is 9.77. The van der Waals surface area contributed by atoms with Gasteiger partial charge in [-0.15, -0.1) is 0 Å². The molecule has 0 unspecified atom stereocenters. The van der Waals surface area contributed by atoms with E-state index < -0.39 is 15.9 Å². The number of nitrogens with zero attached hydrogens (tertiary/aromatic N) is 1. The molecule has 0 spiro atoms. The number of hydrogen-bond acceptors (Lipinski definition) is 4. The zero-order valence-corrected chi connectivity index (χ0v) is 19.8. The van der Waals surface area contributed by atoms with E-state index in [4.69, 9.17) is 4.74 Å². The molecule has 3 aromatic rings. The van der Waals surface area contributed by atoms with Crippen molar-refractivity contribution < 1.29 is 17.9 Å². The summed E-state index contributed by atoms with van der Waals surface area (Å²) in [6, 6.07) is 19.5. The van der Waals surface area contributed by atoms with Crippen LogP contribution in [-0.2, 0) is 14.8 Å². The first-order chi connectivity index (χ1) is 15.2. The zero-order chi connectivity index (χ0) is 23.3. The van der Waals surface area contributed by atoms with E-state index in [0.717, 1.165) is 32.3 Å². The number of ether oxygens (including phenoxy) is 1. The highest BCUT2D eigenvalue weighted by Gasteiger charge is 2.31. The van der Waals surface area contributed by atoms with E-state index in [9.17, 15) is 13.2 Å². The number of aryl methyl sites for hydroxylation is 4. The Bertz CT molecular complexity index is 1200. The molecule has 0 saturated heterocycles. The van der Waals surface area contributed by atoms with Crippen LogP contribution < -0.4 is 9.04 Å². The minimum absolute atomic E-state index is 0.0459. The first kappa shape index (κ1) is 23.5. The van der Waals surface area contributed by atoms with Crippen molar-refractivity contribution in [3.63, 3.8) is 0 Å². The predicted molar refractivity (Wildman–Crippen MR) is 128 cm³/mol. The van der Waals surface area contributed by atoms with E-state index >= 15 is 0 Å². The first-order valence-electron chi connectivity index (χ1n) is 10.6. The van der Waals surface area contributed by atoms with Crippen LogP contribution in [0.3, 0.4) is 0 Å². The molecule has 0 atom stereocenters. The largest absolute Gasteiger partial charge is 0.493 e. The highest BCUT2D eigenvalue weighted by Crippen LogP contribution is 2.29. The summed E-state index contributed by atoms with van der Waals surface area (Å²) in [5.74, 6) is 0.299. The fourth-order valence-electron chi connectivity index (χ4n) is 3.40. The quantitative estimate of drug-likeness (QED) is 0.424. The van der Waals surface area contributed by atoms with E-state index in [-0.39, 0.29) is 11.3 Å². The average Bonchev–Trinajstić information content (AvgIpc) is 2.76. The SMILES string of the molecule is Cc1ccc(C)c(OCCCC(=O)N(c2cc(C)ccc2C)S(=O)(=O)c2ccccc2)c1. The van der Waals surface area contributed by atoms with Gasteiger partial charge in [0.05, 0.1) is 17.2 Å². The molecule has 0 aromatic heterocycles. The molecule has 6 heteroatoms. The van der Waals surface area contributed by atoms with E-state index in [1.807, 2.05) is 51.1 Å². The van der Waals surface area contributed by atoms with Crippen LogP contribution in [-0.4, -0.2) is 20.9 Å². The first-order valence-corrected chi connectivity index (χ1v) is 12.0. The van der Waals surface area contributed by atoms with Gasteiger partial charge in [0.15, 0.2) is 0 Å². The molecule has 0 saturated carbocycles. The molecule has 1 amide bonds. The lowest BCUT2D eigenvalue weighted by Crippen LogP contribution is -2.37. The Kier molecular flexibility index (Phi) is 7.36. The molecule has 0 aliphatic heterocycles. The molecule has 3 rings (SSSR count). The maximum atomic E-state index is 13.4. The molecular weight excluding hydrogens is 422 g/mol. The van der Waals surface area contributed by atoms with Crippen molar-refractivity contribution in [1.82, 2.24) is 0 Å². The minimum Gasteiger partial charge on any atom is -0.493 e. The second-order valence-electron chi connectivity index (χ2n) is 7.99. The second kappa shape index (κ2) is 10.0. The van der Waals surface area contributed by atoms with Gasteiger partial charge in [-0.3, -0.25) is 4.79 Å². The molecule has 0 aliphatic carbocycles. The number of hydrogen-bond donors (Lipinski definition) is 0. The van der Waals surface area contributed by atoms with Crippen molar-refractivity contribution in [2.75, 3.05) is 10.9 Å². The Morgan fingerprint density at radius 1 is 0.844 bits per heavy atom. The summed E-state index contributed by atoms with van der Waals surface area (Å²) >= 11 is 0. The highest BCUT2D eigenvalue weighted by atomic mass is 32.2. The van der Waals surface area contributed by atoms with E-state index in [0.29, 0.717) is 18.7 Å². The highest BCUT2D eigenvalue weighted by molar-refractivity contribution is 7.93. The zero-order valence-electron chi connectivity index (χ0n) is 19.0. The number of rotatable bonds is 8. The van der Waals surface area contributed by atoms with Crippen molar-refractivity contribution >= 4 is 21.6 Å². The standard InChI is InChI=1S/C26H29NO4S/c1-19-12-14-21(3)24(17-19)27(32(29,30)23-9-6-5-7-10-23)26(28)11-8-16-31-25-18-20(2)13-15-22(25)4/h5-7,9-10,12-15,17-18H,8,11,16H2,1-4H3. The maximum absolute atomic E-state index is 13.4. The van der Waals surface area contributed by atoms with Gasteiger partial charge in [0, 0.05) is 6.42 Å². The van der Waals surface area contributed by atoms with E-state index in [2.05, 4.69) is 0 Å². The number of sulfonamides is 1. The Balaban J connectivity index is 1.83. The molecule has 0 radical (unpaired) electrons. The summed E-state index contributed by atoms with van der Waals surface area (Å²) in [5.41, 5.74) is 4.09. The smallest absolute Gasteiger partial charge is 0.270 e. The lowest BCUT2D eigenvalue weighted by molar-refractivity contribution is -0.117. The van der Waals surface area contributed by atoms with Gasteiger partial charge in [0.1, 0.15) is 5.75 Å². The van der Waals surface area contributed by atoms with Crippen LogP contribution in [0, 0.1) is 27.7 Å². The summed E-state index contributed by atoms with van der Waals surface area (Å²) in [5, 5.41) is 0. The normalized spacial score (nSPS) is 11.2. The third-order valence-corrected chi connectivity index (χ3v) is 6.98. The molecule has 32 heavy (non-hydrogen) atoms. The van der Waals surface area contributed by atoms with Crippen LogP contribution in [0.4, 0.5) is 5.69 Å². The number of amides is 1. The van der Waals surface area contributed by atoms with Crippen LogP contribution >= 0.6 is 0 Å². The van der Waals surface area contributed by atoms with Gasteiger partial charge >= 0.3 is 0 Å². The van der Waals surface area contributed by atoms with Gasteiger partial charge in [-0.2, -0.15) is 0 Å². The lowest BCUT2D eigenvalue weighted by Gasteiger charge is -2.25. The summed E-state index contributed by atoms with van der Waals surface area (Å²) in [7, 11) is -4.05. The van der Waals surface area contributed by atoms with Gasteiger partial charge in [0.25, 0.3) is 10.0 Å². The third kappa shape index (κ3) is 5.37. The number of carbonyl (C=O) groups excluding carboxylic acids is 1. The Morgan fingerprint density at radius 3 is 2.16 bits per heavy atom. The molecule has 0 heterocycles. The fraction of sp³-hybridized carbons (Fsp3) is 0.269. The fourth-order valence-corrected chi connectivity index (χ4v) is 4.93. The monoisotopic (exact) mass is 451 g/mol. The van der Waals surface area contributed by atoms with E-state index in [1.165, 1.54) is 12.1 Å². The molecule has 0 bridgehead atoms. The maximum Gasteiger partial charge on any atom is 0.270 e. The van der Waals surface area contributed by atoms with Crippen molar-refractivity contribution in [1.29, 1.82) is 0 Å². The van der Waals surface area contributed by atoms with Crippen LogP contribution in [0.5, 0.6) is 5.75 Å².